The van der Waals surface area contributed by atoms with Gasteiger partial charge in [0.1, 0.15) is 0 Å². The molecule has 0 radical (unpaired) electrons. The van der Waals surface area contributed by atoms with E-state index in [1.54, 1.807) is 0 Å². The summed E-state index contributed by atoms with van der Waals surface area (Å²) in [6, 6.07) is -0.179. The van der Waals surface area contributed by atoms with E-state index >= 15 is 0 Å². The topological polar surface area (TPSA) is 90.9 Å². The third-order valence-corrected chi connectivity index (χ3v) is 2.90. The van der Waals surface area contributed by atoms with Crippen molar-refractivity contribution in [2.75, 3.05) is 13.2 Å². The van der Waals surface area contributed by atoms with Gasteiger partial charge in [-0.2, -0.15) is 0 Å². The fourth-order valence-electron chi connectivity index (χ4n) is 1.74. The van der Waals surface area contributed by atoms with E-state index in [9.17, 15) is 10.2 Å². The van der Waals surface area contributed by atoms with Gasteiger partial charge in [0.2, 0.25) is 0 Å². The molecule has 0 saturated carbocycles. The van der Waals surface area contributed by atoms with Gasteiger partial charge >= 0.3 is 0 Å². The van der Waals surface area contributed by atoms with Crippen LogP contribution in [0.5, 0.6) is 0 Å². The Morgan fingerprint density at radius 3 is 2.22 bits per heavy atom. The SMILES string of the molecule is CCCCC(CO)N=C(N)NC(CO)CCCC. The van der Waals surface area contributed by atoms with Crippen LogP contribution in [0.2, 0.25) is 0 Å². The van der Waals surface area contributed by atoms with E-state index < -0.39 is 0 Å². The highest BCUT2D eigenvalue weighted by Gasteiger charge is 2.09. The normalized spacial score (nSPS) is 15.4. The molecule has 5 nitrogen and oxygen atoms in total. The number of aliphatic hydroxyl groups is 2. The van der Waals surface area contributed by atoms with Crippen molar-refractivity contribution < 1.29 is 10.2 Å². The van der Waals surface area contributed by atoms with Gasteiger partial charge in [-0.15, -0.1) is 0 Å². The van der Waals surface area contributed by atoms with E-state index in [4.69, 9.17) is 5.73 Å². The zero-order valence-electron chi connectivity index (χ0n) is 11.7. The molecule has 18 heavy (non-hydrogen) atoms. The number of hydrogen-bond acceptors (Lipinski definition) is 3. The number of unbranched alkanes of at least 4 members (excludes halogenated alkanes) is 2. The quantitative estimate of drug-likeness (QED) is 0.348. The van der Waals surface area contributed by atoms with Gasteiger partial charge in [-0.3, -0.25) is 0 Å². The molecule has 2 atom stereocenters. The van der Waals surface area contributed by atoms with Crippen molar-refractivity contribution in [3.63, 3.8) is 0 Å². The third-order valence-electron chi connectivity index (χ3n) is 2.90. The van der Waals surface area contributed by atoms with Crippen molar-refractivity contribution in [3.05, 3.63) is 0 Å². The van der Waals surface area contributed by atoms with Crippen molar-refractivity contribution in [1.82, 2.24) is 5.32 Å². The van der Waals surface area contributed by atoms with Crippen LogP contribution >= 0.6 is 0 Å². The Morgan fingerprint density at radius 2 is 1.72 bits per heavy atom. The van der Waals surface area contributed by atoms with Crippen LogP contribution in [0.15, 0.2) is 4.99 Å². The Morgan fingerprint density at radius 1 is 1.11 bits per heavy atom. The Kier molecular flexibility index (Phi) is 10.8. The molecule has 5 heteroatoms. The van der Waals surface area contributed by atoms with Gasteiger partial charge in [0.25, 0.3) is 0 Å². The molecule has 2 unspecified atom stereocenters. The molecule has 0 fully saturated rings. The molecular formula is C13H29N3O2. The van der Waals surface area contributed by atoms with Crippen LogP contribution in [0.4, 0.5) is 0 Å². The van der Waals surface area contributed by atoms with Crippen LogP contribution in [0, 0.1) is 0 Å². The summed E-state index contributed by atoms with van der Waals surface area (Å²) in [7, 11) is 0. The van der Waals surface area contributed by atoms with Gasteiger partial charge in [0.05, 0.1) is 25.3 Å². The third kappa shape index (κ3) is 8.31. The Balaban J connectivity index is 4.18. The second kappa shape index (κ2) is 11.3. The highest BCUT2D eigenvalue weighted by Crippen LogP contribution is 2.04. The fraction of sp³-hybridized carbons (Fsp3) is 0.923. The lowest BCUT2D eigenvalue weighted by molar-refractivity contribution is 0.245. The largest absolute Gasteiger partial charge is 0.394 e. The Bertz CT molecular complexity index is 222. The van der Waals surface area contributed by atoms with Crippen LogP contribution in [-0.4, -0.2) is 41.5 Å². The fourth-order valence-corrected chi connectivity index (χ4v) is 1.74. The molecule has 0 bridgehead atoms. The monoisotopic (exact) mass is 259 g/mol. The maximum Gasteiger partial charge on any atom is 0.189 e. The molecule has 0 spiro atoms. The second-order valence-electron chi connectivity index (χ2n) is 4.66. The van der Waals surface area contributed by atoms with Crippen molar-refractivity contribution in [3.8, 4) is 0 Å². The smallest absolute Gasteiger partial charge is 0.189 e. The van der Waals surface area contributed by atoms with Crippen molar-refractivity contribution in [2.24, 2.45) is 10.7 Å². The summed E-state index contributed by atoms with van der Waals surface area (Å²) in [5.41, 5.74) is 5.79. The predicted molar refractivity (Wildman–Crippen MR) is 75.6 cm³/mol. The molecule has 0 aromatic carbocycles. The highest BCUT2D eigenvalue weighted by molar-refractivity contribution is 5.78. The lowest BCUT2D eigenvalue weighted by atomic mass is 10.1. The average Bonchev–Trinajstić information content (AvgIpc) is 2.39. The maximum absolute atomic E-state index is 9.21. The first-order chi connectivity index (χ1) is 8.67. The molecule has 0 amide bonds. The summed E-state index contributed by atoms with van der Waals surface area (Å²) in [4.78, 5) is 4.25. The van der Waals surface area contributed by atoms with Gasteiger partial charge in [-0.25, -0.2) is 4.99 Å². The molecule has 0 heterocycles. The van der Waals surface area contributed by atoms with Gasteiger partial charge in [0, 0.05) is 0 Å². The van der Waals surface area contributed by atoms with Crippen molar-refractivity contribution in [1.29, 1.82) is 0 Å². The molecule has 0 aliphatic rings. The van der Waals surface area contributed by atoms with Crippen molar-refractivity contribution in [2.45, 2.75) is 64.5 Å². The van der Waals surface area contributed by atoms with Crippen molar-refractivity contribution >= 4 is 5.96 Å². The first-order valence-electron chi connectivity index (χ1n) is 6.99. The van der Waals surface area contributed by atoms with E-state index in [-0.39, 0.29) is 25.3 Å². The predicted octanol–water partition coefficient (Wildman–Crippen LogP) is 0.993. The van der Waals surface area contributed by atoms with E-state index in [2.05, 4.69) is 24.2 Å². The zero-order chi connectivity index (χ0) is 13.8. The minimum absolute atomic E-state index is 0.0150. The standard InChI is InChI=1S/C13H29N3O2/c1-3-5-7-11(9-17)15-13(14)16-12(10-18)8-6-4-2/h11-12,17-18H,3-10H2,1-2H3,(H3,14,15,16). The molecule has 5 N–H and O–H groups in total. The molecule has 0 saturated heterocycles. The van der Waals surface area contributed by atoms with Gasteiger partial charge in [0.15, 0.2) is 5.96 Å². The zero-order valence-corrected chi connectivity index (χ0v) is 11.7. The number of aliphatic hydroxyl groups excluding tert-OH is 2. The van der Waals surface area contributed by atoms with E-state index in [0.717, 1.165) is 38.5 Å². The van der Waals surface area contributed by atoms with E-state index in [1.807, 2.05) is 0 Å². The average molecular weight is 259 g/mol. The van der Waals surface area contributed by atoms with E-state index in [1.165, 1.54) is 0 Å². The number of guanidine groups is 1. The number of nitrogens with one attached hydrogen (secondary N) is 1. The van der Waals surface area contributed by atoms with Gasteiger partial charge < -0.3 is 21.3 Å². The molecule has 0 aromatic rings. The minimum Gasteiger partial charge on any atom is -0.394 e. The molecular weight excluding hydrogens is 230 g/mol. The van der Waals surface area contributed by atoms with Crippen LogP contribution < -0.4 is 11.1 Å². The van der Waals surface area contributed by atoms with Crippen LogP contribution in [-0.2, 0) is 0 Å². The number of hydrogen-bond donors (Lipinski definition) is 4. The maximum atomic E-state index is 9.21. The Labute approximate surface area is 110 Å². The summed E-state index contributed by atoms with van der Waals surface area (Å²) in [5.74, 6) is 0.320. The number of rotatable bonds is 10. The summed E-state index contributed by atoms with van der Waals surface area (Å²) >= 11 is 0. The Hall–Kier alpha value is -0.810. The van der Waals surface area contributed by atoms with Crippen LogP contribution in [0.25, 0.3) is 0 Å². The number of nitrogens with zero attached hydrogens (tertiary/aromatic N) is 1. The summed E-state index contributed by atoms with van der Waals surface area (Å²) in [6.45, 7) is 4.28. The molecule has 0 rings (SSSR count). The first kappa shape index (κ1) is 17.2. The van der Waals surface area contributed by atoms with Crippen LogP contribution in [0.3, 0.4) is 0 Å². The van der Waals surface area contributed by atoms with Gasteiger partial charge in [-0.05, 0) is 12.8 Å². The van der Waals surface area contributed by atoms with Crippen LogP contribution in [0.1, 0.15) is 52.4 Å². The molecule has 0 aromatic heterocycles. The lowest BCUT2D eigenvalue weighted by Gasteiger charge is -2.18. The summed E-state index contributed by atoms with van der Waals surface area (Å²) in [5, 5.41) is 21.4. The summed E-state index contributed by atoms with van der Waals surface area (Å²) in [6.07, 6.45) is 5.96. The summed E-state index contributed by atoms with van der Waals surface area (Å²) < 4.78 is 0. The van der Waals surface area contributed by atoms with E-state index in [0.29, 0.717) is 5.96 Å². The highest BCUT2D eigenvalue weighted by atomic mass is 16.3. The molecule has 0 aliphatic carbocycles. The molecule has 0 aliphatic heterocycles. The molecule has 108 valence electrons. The van der Waals surface area contributed by atoms with Gasteiger partial charge in [-0.1, -0.05) is 39.5 Å². The minimum atomic E-state index is -0.136. The number of nitrogens with two attached hydrogens (primary N) is 1. The number of aliphatic imine (C=N–C) groups is 1. The second-order valence-corrected chi connectivity index (χ2v) is 4.66. The first-order valence-corrected chi connectivity index (χ1v) is 6.99. The lowest BCUT2D eigenvalue weighted by Crippen LogP contribution is -2.43.